The highest BCUT2D eigenvalue weighted by molar-refractivity contribution is 5.97. The summed E-state index contributed by atoms with van der Waals surface area (Å²) in [6.07, 6.45) is 0. The van der Waals surface area contributed by atoms with Gasteiger partial charge in [0.1, 0.15) is 11.3 Å². The van der Waals surface area contributed by atoms with Crippen LogP contribution in [0.15, 0.2) is 60.7 Å². The first kappa shape index (κ1) is 15.7. The van der Waals surface area contributed by atoms with Crippen LogP contribution in [0.3, 0.4) is 0 Å². The number of Topliss-reactive ketones (excluding diaryl/α,β-unsaturated/α-hetero) is 1. The Labute approximate surface area is 138 Å². The number of ketones is 1. The topological polar surface area (TPSA) is 65.5 Å². The molecule has 0 saturated carbocycles. The van der Waals surface area contributed by atoms with E-state index < -0.39 is 5.97 Å². The fourth-order valence-electron chi connectivity index (χ4n) is 2.27. The van der Waals surface area contributed by atoms with Crippen molar-refractivity contribution in [1.82, 2.24) is 4.98 Å². The molecule has 0 unspecified atom stereocenters. The Hall–Kier alpha value is -3.21. The van der Waals surface area contributed by atoms with E-state index >= 15 is 0 Å². The van der Waals surface area contributed by atoms with Gasteiger partial charge in [-0.05, 0) is 12.1 Å². The number of para-hydroxylation sites is 1. The molecule has 0 bridgehead atoms. The number of hydrogen-bond acceptors (Lipinski definition) is 5. The van der Waals surface area contributed by atoms with Gasteiger partial charge in [0, 0.05) is 23.9 Å². The molecule has 2 aromatic carbocycles. The molecule has 0 radical (unpaired) electrons. The van der Waals surface area contributed by atoms with Crippen LogP contribution in [0.25, 0.3) is 10.9 Å². The predicted octanol–water partition coefficient (Wildman–Crippen LogP) is 3.42. The van der Waals surface area contributed by atoms with Gasteiger partial charge in [-0.25, -0.2) is 4.98 Å². The fourth-order valence-corrected chi connectivity index (χ4v) is 2.27. The second-order valence-corrected chi connectivity index (χ2v) is 5.15. The highest BCUT2D eigenvalue weighted by Crippen LogP contribution is 2.26. The SMILES string of the molecule is CC(=O)Oc1ccc2cccc(OCC(=O)c3ccccc3)c2n1. The average Bonchev–Trinajstić information content (AvgIpc) is 2.60. The number of carbonyl (C=O) groups excluding carboxylic acids is 2. The van der Waals surface area contributed by atoms with Gasteiger partial charge in [-0.3, -0.25) is 9.59 Å². The van der Waals surface area contributed by atoms with Crippen molar-refractivity contribution in [2.75, 3.05) is 6.61 Å². The van der Waals surface area contributed by atoms with Crippen molar-refractivity contribution in [2.24, 2.45) is 0 Å². The van der Waals surface area contributed by atoms with Gasteiger partial charge >= 0.3 is 5.97 Å². The van der Waals surface area contributed by atoms with Crippen molar-refractivity contribution in [3.05, 3.63) is 66.2 Å². The van der Waals surface area contributed by atoms with Gasteiger partial charge in [0.25, 0.3) is 0 Å². The molecule has 0 saturated heterocycles. The molecule has 0 atom stereocenters. The Morgan fingerprint density at radius 2 is 1.75 bits per heavy atom. The first-order chi connectivity index (χ1) is 11.6. The van der Waals surface area contributed by atoms with Crippen LogP contribution in [0.1, 0.15) is 17.3 Å². The summed E-state index contributed by atoms with van der Waals surface area (Å²) in [5, 5.41) is 0.829. The van der Waals surface area contributed by atoms with Crippen LogP contribution in [0.2, 0.25) is 0 Å². The number of hydrogen-bond donors (Lipinski definition) is 0. The summed E-state index contributed by atoms with van der Waals surface area (Å²) in [4.78, 5) is 27.5. The van der Waals surface area contributed by atoms with Crippen LogP contribution in [0.4, 0.5) is 0 Å². The zero-order valence-corrected chi connectivity index (χ0v) is 13.1. The Balaban J connectivity index is 1.83. The lowest BCUT2D eigenvalue weighted by Gasteiger charge is -2.09. The minimum atomic E-state index is -0.445. The average molecular weight is 321 g/mol. The Morgan fingerprint density at radius 3 is 2.50 bits per heavy atom. The van der Waals surface area contributed by atoms with Gasteiger partial charge in [-0.15, -0.1) is 0 Å². The molecule has 1 aromatic heterocycles. The first-order valence-corrected chi connectivity index (χ1v) is 7.43. The summed E-state index contributed by atoms with van der Waals surface area (Å²) < 4.78 is 10.6. The molecular weight excluding hydrogens is 306 g/mol. The molecule has 0 aliphatic carbocycles. The highest BCUT2D eigenvalue weighted by Gasteiger charge is 2.10. The summed E-state index contributed by atoms with van der Waals surface area (Å²) in [7, 11) is 0. The third-order valence-electron chi connectivity index (χ3n) is 3.36. The summed E-state index contributed by atoms with van der Waals surface area (Å²) in [6, 6.07) is 17.8. The lowest BCUT2D eigenvalue weighted by atomic mass is 10.1. The van der Waals surface area contributed by atoms with E-state index in [-0.39, 0.29) is 18.3 Å². The second-order valence-electron chi connectivity index (χ2n) is 5.15. The molecule has 24 heavy (non-hydrogen) atoms. The van der Waals surface area contributed by atoms with Crippen LogP contribution in [0, 0.1) is 0 Å². The second kappa shape index (κ2) is 6.91. The van der Waals surface area contributed by atoms with E-state index in [2.05, 4.69) is 4.98 Å². The summed E-state index contributed by atoms with van der Waals surface area (Å²) in [6.45, 7) is 1.22. The van der Waals surface area contributed by atoms with Gasteiger partial charge in [0.2, 0.25) is 5.88 Å². The molecule has 3 aromatic rings. The van der Waals surface area contributed by atoms with E-state index in [1.54, 1.807) is 42.5 Å². The van der Waals surface area contributed by atoms with E-state index in [0.717, 1.165) is 5.39 Å². The van der Waals surface area contributed by atoms with Crippen molar-refractivity contribution < 1.29 is 19.1 Å². The molecule has 120 valence electrons. The standard InChI is InChI=1S/C19H15NO4/c1-13(21)24-18-11-10-15-8-5-9-17(19(15)20-18)23-12-16(22)14-6-3-2-4-7-14/h2-11H,12H2,1H3. The third kappa shape index (κ3) is 3.57. The maximum atomic E-state index is 12.2. The molecule has 0 fully saturated rings. The fraction of sp³-hybridized carbons (Fsp3) is 0.105. The highest BCUT2D eigenvalue weighted by atomic mass is 16.5. The van der Waals surface area contributed by atoms with Gasteiger partial charge in [-0.1, -0.05) is 42.5 Å². The van der Waals surface area contributed by atoms with E-state index in [0.29, 0.717) is 16.8 Å². The van der Waals surface area contributed by atoms with Crippen molar-refractivity contribution in [1.29, 1.82) is 0 Å². The number of benzene rings is 2. The molecule has 0 aliphatic rings. The van der Waals surface area contributed by atoms with Crippen LogP contribution in [-0.4, -0.2) is 23.3 Å². The van der Waals surface area contributed by atoms with E-state index in [1.807, 2.05) is 18.2 Å². The van der Waals surface area contributed by atoms with Gasteiger partial charge in [0.05, 0.1) is 0 Å². The number of ether oxygens (including phenoxy) is 2. The lowest BCUT2D eigenvalue weighted by Crippen LogP contribution is -2.11. The minimum absolute atomic E-state index is 0.0946. The number of fused-ring (bicyclic) bond motifs is 1. The predicted molar refractivity (Wildman–Crippen MR) is 89.3 cm³/mol. The van der Waals surface area contributed by atoms with Gasteiger partial charge < -0.3 is 9.47 Å². The van der Waals surface area contributed by atoms with Gasteiger partial charge in [-0.2, -0.15) is 0 Å². The molecule has 5 heteroatoms. The van der Waals surface area contributed by atoms with Crippen molar-refractivity contribution in [3.63, 3.8) is 0 Å². The smallest absolute Gasteiger partial charge is 0.309 e. The molecule has 0 aliphatic heterocycles. The first-order valence-electron chi connectivity index (χ1n) is 7.43. The normalized spacial score (nSPS) is 10.4. The Kier molecular flexibility index (Phi) is 4.52. The Bertz CT molecular complexity index is 890. The van der Waals surface area contributed by atoms with E-state index in [1.165, 1.54) is 6.92 Å². The number of pyridine rings is 1. The monoisotopic (exact) mass is 321 g/mol. The minimum Gasteiger partial charge on any atom is -0.483 e. The third-order valence-corrected chi connectivity index (χ3v) is 3.36. The molecule has 5 nitrogen and oxygen atoms in total. The zero-order valence-electron chi connectivity index (χ0n) is 13.1. The molecular formula is C19H15NO4. The summed E-state index contributed by atoms with van der Waals surface area (Å²) in [5.41, 5.74) is 1.13. The molecule has 0 N–H and O–H groups in total. The summed E-state index contributed by atoms with van der Waals surface area (Å²) in [5.74, 6) is 0.0921. The van der Waals surface area contributed by atoms with Gasteiger partial charge in [0.15, 0.2) is 12.4 Å². The molecule has 3 rings (SSSR count). The number of aromatic nitrogens is 1. The number of carbonyl (C=O) groups is 2. The van der Waals surface area contributed by atoms with Crippen LogP contribution in [-0.2, 0) is 4.79 Å². The van der Waals surface area contributed by atoms with E-state index in [9.17, 15) is 9.59 Å². The molecule has 0 amide bonds. The van der Waals surface area contributed by atoms with Crippen molar-refractivity contribution >= 4 is 22.7 Å². The number of esters is 1. The maximum absolute atomic E-state index is 12.2. The molecule has 0 spiro atoms. The maximum Gasteiger partial charge on any atom is 0.309 e. The number of rotatable bonds is 5. The van der Waals surface area contributed by atoms with Crippen LogP contribution < -0.4 is 9.47 Å². The Morgan fingerprint density at radius 1 is 0.958 bits per heavy atom. The van der Waals surface area contributed by atoms with Crippen LogP contribution in [0.5, 0.6) is 11.6 Å². The largest absolute Gasteiger partial charge is 0.483 e. The summed E-state index contributed by atoms with van der Waals surface area (Å²) >= 11 is 0. The lowest BCUT2D eigenvalue weighted by molar-refractivity contribution is -0.132. The number of nitrogens with zero attached hydrogens (tertiary/aromatic N) is 1. The van der Waals surface area contributed by atoms with Crippen molar-refractivity contribution in [3.8, 4) is 11.6 Å². The van der Waals surface area contributed by atoms with Crippen LogP contribution >= 0.6 is 0 Å². The quantitative estimate of drug-likeness (QED) is 0.532. The van der Waals surface area contributed by atoms with E-state index in [4.69, 9.17) is 9.47 Å². The van der Waals surface area contributed by atoms with Crippen molar-refractivity contribution in [2.45, 2.75) is 6.92 Å². The molecule has 1 heterocycles. The zero-order chi connectivity index (χ0) is 16.9.